The third kappa shape index (κ3) is 3.57. The van der Waals surface area contributed by atoms with Gasteiger partial charge in [-0.2, -0.15) is 0 Å². The molecule has 17 heavy (non-hydrogen) atoms. The van der Waals surface area contributed by atoms with Gasteiger partial charge >= 0.3 is 0 Å². The lowest BCUT2D eigenvalue weighted by molar-refractivity contribution is 0.559. The van der Waals surface area contributed by atoms with Crippen LogP contribution in [0.4, 0.5) is 10.1 Å². The quantitative estimate of drug-likeness (QED) is 0.903. The highest BCUT2D eigenvalue weighted by Gasteiger charge is 2.23. The minimum Gasteiger partial charge on any atom is -0.382 e. The molecule has 1 aromatic rings. The topological polar surface area (TPSA) is 46.2 Å². The average Bonchev–Trinajstić information content (AvgIpc) is 2.20. The molecule has 1 saturated heterocycles. The van der Waals surface area contributed by atoms with Crippen molar-refractivity contribution in [1.82, 2.24) is 0 Å². The minimum absolute atomic E-state index is 0.0661. The lowest BCUT2D eigenvalue weighted by atomic mass is 10.1. The summed E-state index contributed by atoms with van der Waals surface area (Å²) < 4.78 is 35.6. The summed E-state index contributed by atoms with van der Waals surface area (Å²) in [5.74, 6) is -0.0232. The van der Waals surface area contributed by atoms with Crippen molar-refractivity contribution < 1.29 is 12.8 Å². The molecule has 1 heterocycles. The van der Waals surface area contributed by atoms with Gasteiger partial charge in [0, 0.05) is 16.8 Å². The van der Waals surface area contributed by atoms with E-state index in [1.165, 1.54) is 12.1 Å². The van der Waals surface area contributed by atoms with Crippen molar-refractivity contribution in [3.63, 3.8) is 0 Å². The summed E-state index contributed by atoms with van der Waals surface area (Å²) in [5.41, 5.74) is 0.597. The van der Waals surface area contributed by atoms with Crippen LogP contribution in [0.5, 0.6) is 0 Å². The number of rotatable bonds is 2. The molecule has 2 rings (SSSR count). The number of anilines is 1. The Morgan fingerprint density at radius 1 is 1.24 bits per heavy atom. The van der Waals surface area contributed by atoms with Crippen LogP contribution in [0.15, 0.2) is 18.2 Å². The molecule has 0 amide bonds. The van der Waals surface area contributed by atoms with Crippen molar-refractivity contribution in [3.8, 4) is 0 Å². The summed E-state index contributed by atoms with van der Waals surface area (Å²) in [6, 6.07) is 4.29. The molecular formula is C11H13ClFNO2S. The Labute approximate surface area is 105 Å². The van der Waals surface area contributed by atoms with Crippen molar-refractivity contribution in [1.29, 1.82) is 0 Å². The normalized spacial score (nSPS) is 20.1. The van der Waals surface area contributed by atoms with Crippen LogP contribution in [-0.2, 0) is 9.84 Å². The maximum atomic E-state index is 13.1. The summed E-state index contributed by atoms with van der Waals surface area (Å²) in [5, 5.41) is 3.44. The van der Waals surface area contributed by atoms with Gasteiger partial charge in [-0.25, -0.2) is 12.8 Å². The second kappa shape index (κ2) is 4.82. The molecule has 1 aliphatic rings. The smallest absolute Gasteiger partial charge is 0.150 e. The van der Waals surface area contributed by atoms with Gasteiger partial charge in [0.05, 0.1) is 11.5 Å². The van der Waals surface area contributed by atoms with Crippen LogP contribution in [-0.4, -0.2) is 26.0 Å². The molecule has 1 N–H and O–H groups in total. The lowest BCUT2D eigenvalue weighted by Crippen LogP contribution is -2.32. The van der Waals surface area contributed by atoms with Gasteiger partial charge in [0.1, 0.15) is 15.7 Å². The summed E-state index contributed by atoms with van der Waals surface area (Å²) in [6.07, 6.45) is 1.10. The van der Waals surface area contributed by atoms with Crippen molar-refractivity contribution >= 4 is 27.1 Å². The van der Waals surface area contributed by atoms with Gasteiger partial charge in [-0.05, 0) is 31.0 Å². The molecule has 0 atom stereocenters. The number of sulfone groups is 1. The molecule has 0 unspecified atom stereocenters. The predicted octanol–water partition coefficient (Wildman–Crippen LogP) is 2.47. The highest BCUT2D eigenvalue weighted by molar-refractivity contribution is 7.91. The standard InChI is InChI=1S/C11H13ClFNO2S/c12-8-5-9(13)7-11(6-8)14-10-1-3-17(15,16)4-2-10/h5-7,10,14H,1-4H2. The van der Waals surface area contributed by atoms with Gasteiger partial charge < -0.3 is 5.32 Å². The summed E-state index contributed by atoms with van der Waals surface area (Å²) in [6.45, 7) is 0. The SMILES string of the molecule is O=S1(=O)CCC(Nc2cc(F)cc(Cl)c2)CC1. The van der Waals surface area contributed by atoms with E-state index in [4.69, 9.17) is 11.6 Å². The Morgan fingerprint density at radius 2 is 1.88 bits per heavy atom. The van der Waals surface area contributed by atoms with E-state index in [2.05, 4.69) is 5.32 Å². The predicted molar refractivity (Wildman–Crippen MR) is 66.7 cm³/mol. The monoisotopic (exact) mass is 277 g/mol. The van der Waals surface area contributed by atoms with E-state index < -0.39 is 15.7 Å². The largest absolute Gasteiger partial charge is 0.382 e. The van der Waals surface area contributed by atoms with E-state index in [1.54, 1.807) is 6.07 Å². The Hall–Kier alpha value is -0.810. The first kappa shape index (κ1) is 12.6. The molecule has 0 spiro atoms. The molecule has 0 aromatic heterocycles. The molecule has 0 saturated carbocycles. The number of hydrogen-bond donors (Lipinski definition) is 1. The van der Waals surface area contributed by atoms with E-state index in [1.807, 2.05) is 0 Å². The molecule has 1 aliphatic heterocycles. The highest BCUT2D eigenvalue weighted by atomic mass is 35.5. The fraction of sp³-hybridized carbons (Fsp3) is 0.455. The van der Waals surface area contributed by atoms with Gasteiger partial charge in [0.2, 0.25) is 0 Å². The molecule has 0 radical (unpaired) electrons. The number of benzene rings is 1. The van der Waals surface area contributed by atoms with Crippen molar-refractivity contribution in [2.45, 2.75) is 18.9 Å². The zero-order valence-corrected chi connectivity index (χ0v) is 10.7. The third-order valence-corrected chi connectivity index (χ3v) is 4.72. The fourth-order valence-electron chi connectivity index (χ4n) is 1.91. The first-order valence-corrected chi connectivity index (χ1v) is 7.58. The summed E-state index contributed by atoms with van der Waals surface area (Å²) in [7, 11) is -2.86. The maximum absolute atomic E-state index is 13.1. The summed E-state index contributed by atoms with van der Waals surface area (Å²) in [4.78, 5) is 0. The van der Waals surface area contributed by atoms with Crippen LogP contribution in [0, 0.1) is 5.82 Å². The molecule has 0 bridgehead atoms. The van der Waals surface area contributed by atoms with Crippen molar-refractivity contribution in [2.75, 3.05) is 16.8 Å². The zero-order chi connectivity index (χ0) is 12.5. The van der Waals surface area contributed by atoms with Gasteiger partial charge in [-0.15, -0.1) is 0 Å². The van der Waals surface area contributed by atoms with Gasteiger partial charge in [-0.1, -0.05) is 11.6 Å². The van der Waals surface area contributed by atoms with Crippen LogP contribution >= 0.6 is 11.6 Å². The Balaban J connectivity index is 2.02. The van der Waals surface area contributed by atoms with E-state index in [9.17, 15) is 12.8 Å². The first-order chi connectivity index (χ1) is 7.94. The number of halogens is 2. The zero-order valence-electron chi connectivity index (χ0n) is 9.12. The Bertz CT molecular complexity index is 484. The third-order valence-electron chi connectivity index (χ3n) is 2.79. The first-order valence-electron chi connectivity index (χ1n) is 5.38. The fourth-order valence-corrected chi connectivity index (χ4v) is 3.62. The van der Waals surface area contributed by atoms with Crippen molar-refractivity contribution in [3.05, 3.63) is 29.0 Å². The van der Waals surface area contributed by atoms with E-state index in [0.29, 0.717) is 23.6 Å². The minimum atomic E-state index is -2.86. The number of nitrogens with one attached hydrogen (secondary N) is 1. The highest BCUT2D eigenvalue weighted by Crippen LogP contribution is 2.22. The van der Waals surface area contributed by atoms with Gasteiger partial charge in [0.15, 0.2) is 0 Å². The van der Waals surface area contributed by atoms with Crippen LogP contribution in [0.2, 0.25) is 5.02 Å². The van der Waals surface area contributed by atoms with Crippen LogP contribution in [0.25, 0.3) is 0 Å². The lowest BCUT2D eigenvalue weighted by Gasteiger charge is -2.24. The van der Waals surface area contributed by atoms with E-state index in [-0.39, 0.29) is 17.5 Å². The molecule has 6 heteroatoms. The Kier molecular flexibility index (Phi) is 3.58. The summed E-state index contributed by atoms with van der Waals surface area (Å²) >= 11 is 5.74. The van der Waals surface area contributed by atoms with Crippen LogP contribution in [0.1, 0.15) is 12.8 Å². The molecule has 3 nitrogen and oxygen atoms in total. The molecule has 1 aromatic carbocycles. The van der Waals surface area contributed by atoms with Crippen LogP contribution < -0.4 is 5.32 Å². The molecule has 1 fully saturated rings. The molecule has 94 valence electrons. The average molecular weight is 278 g/mol. The van der Waals surface area contributed by atoms with E-state index in [0.717, 1.165) is 0 Å². The van der Waals surface area contributed by atoms with Gasteiger partial charge in [-0.3, -0.25) is 0 Å². The maximum Gasteiger partial charge on any atom is 0.150 e. The molecule has 0 aliphatic carbocycles. The second-order valence-corrected chi connectivity index (χ2v) is 6.97. The Morgan fingerprint density at radius 3 is 2.47 bits per heavy atom. The number of hydrogen-bond acceptors (Lipinski definition) is 3. The second-order valence-electron chi connectivity index (χ2n) is 4.23. The molecular weight excluding hydrogens is 265 g/mol. The van der Waals surface area contributed by atoms with Crippen molar-refractivity contribution in [2.24, 2.45) is 0 Å². The van der Waals surface area contributed by atoms with E-state index >= 15 is 0 Å². The van der Waals surface area contributed by atoms with Crippen LogP contribution in [0.3, 0.4) is 0 Å². The van der Waals surface area contributed by atoms with Gasteiger partial charge in [0.25, 0.3) is 0 Å².